The first-order valence-electron chi connectivity index (χ1n) is 7.13. The number of hydrogen-bond donors (Lipinski definition) is 0. The topological polar surface area (TPSA) is 13.1 Å². The van der Waals surface area contributed by atoms with Crippen molar-refractivity contribution in [3.63, 3.8) is 0 Å². The molecule has 0 saturated heterocycles. The molecule has 0 fully saturated rings. The fourth-order valence-electron chi connectivity index (χ4n) is 3.43. The van der Waals surface area contributed by atoms with Gasteiger partial charge in [0.2, 0.25) is 0 Å². The molecule has 0 amide bonds. The average molecular weight is 268 g/mol. The van der Waals surface area contributed by atoms with Gasteiger partial charge in [-0.25, -0.2) is 0 Å². The summed E-state index contributed by atoms with van der Waals surface area (Å²) in [6, 6.07) is 23.5. The van der Waals surface area contributed by atoms with E-state index in [4.69, 9.17) is 4.42 Å². The van der Waals surface area contributed by atoms with Crippen LogP contribution in [0.15, 0.2) is 77.4 Å². The Bertz CT molecular complexity index is 1130. The largest absolute Gasteiger partial charge is 0.464 e. The van der Waals surface area contributed by atoms with Gasteiger partial charge in [-0.3, -0.25) is 0 Å². The minimum atomic E-state index is 0.974. The number of benzene rings is 3. The highest BCUT2D eigenvalue weighted by atomic mass is 16.3. The third kappa shape index (κ3) is 1.35. The maximum absolute atomic E-state index is 5.86. The molecule has 0 unspecified atom stereocenters. The summed E-state index contributed by atoms with van der Waals surface area (Å²) in [4.78, 5) is 0. The SMILES string of the molecule is c1ccc2c(c1)cc1c3occcc3c3ccccc3c21. The number of hydrogen-bond acceptors (Lipinski definition) is 1. The van der Waals surface area contributed by atoms with Gasteiger partial charge in [0.15, 0.2) is 0 Å². The van der Waals surface area contributed by atoms with Crippen molar-refractivity contribution in [2.75, 3.05) is 0 Å². The Morgan fingerprint density at radius 1 is 0.571 bits per heavy atom. The summed E-state index contributed by atoms with van der Waals surface area (Å²) in [5.74, 6) is 0. The summed E-state index contributed by atoms with van der Waals surface area (Å²) >= 11 is 0. The van der Waals surface area contributed by atoms with Crippen LogP contribution in [-0.2, 0) is 0 Å². The maximum atomic E-state index is 5.86. The zero-order chi connectivity index (χ0) is 13.8. The van der Waals surface area contributed by atoms with Crippen molar-refractivity contribution in [3.8, 4) is 0 Å². The van der Waals surface area contributed by atoms with E-state index in [1.54, 1.807) is 6.26 Å². The van der Waals surface area contributed by atoms with Crippen molar-refractivity contribution in [1.29, 1.82) is 0 Å². The molecule has 0 atom stereocenters. The first kappa shape index (κ1) is 10.9. The van der Waals surface area contributed by atoms with Gasteiger partial charge in [-0.1, -0.05) is 48.5 Å². The second kappa shape index (κ2) is 3.86. The lowest BCUT2D eigenvalue weighted by molar-refractivity contribution is 0.608. The molecule has 5 rings (SSSR count). The molecule has 0 aliphatic heterocycles. The van der Waals surface area contributed by atoms with E-state index in [0.29, 0.717) is 0 Å². The van der Waals surface area contributed by atoms with Gasteiger partial charge in [0, 0.05) is 16.2 Å². The smallest absolute Gasteiger partial charge is 0.142 e. The molecule has 0 bridgehead atoms. The van der Waals surface area contributed by atoms with E-state index in [9.17, 15) is 0 Å². The lowest BCUT2D eigenvalue weighted by Gasteiger charge is -2.06. The van der Waals surface area contributed by atoms with E-state index < -0.39 is 0 Å². The molecular weight excluding hydrogens is 256 g/mol. The van der Waals surface area contributed by atoms with E-state index >= 15 is 0 Å². The fourth-order valence-corrected chi connectivity index (χ4v) is 3.43. The molecule has 1 heterocycles. The summed E-state index contributed by atoms with van der Waals surface area (Å²) in [5.41, 5.74) is 0.974. The van der Waals surface area contributed by atoms with Gasteiger partial charge in [-0.15, -0.1) is 0 Å². The van der Waals surface area contributed by atoms with Crippen LogP contribution in [0.1, 0.15) is 0 Å². The van der Waals surface area contributed by atoms with Crippen LogP contribution in [0.4, 0.5) is 0 Å². The molecule has 0 saturated carbocycles. The summed E-state index contributed by atoms with van der Waals surface area (Å²) in [6.07, 6.45) is 1.76. The zero-order valence-corrected chi connectivity index (χ0v) is 11.3. The van der Waals surface area contributed by atoms with E-state index in [-0.39, 0.29) is 0 Å². The van der Waals surface area contributed by atoms with Crippen LogP contribution in [0, 0.1) is 0 Å². The Morgan fingerprint density at radius 3 is 2.19 bits per heavy atom. The fraction of sp³-hybridized carbons (Fsp3) is 0. The standard InChI is InChI=1S/C20H12O/c1-2-7-14-13(6-1)12-18-19(14)16-9-4-3-8-15(16)17-10-5-11-21-20(17)18/h1-12H. The van der Waals surface area contributed by atoms with Gasteiger partial charge in [0.1, 0.15) is 5.58 Å². The summed E-state index contributed by atoms with van der Waals surface area (Å²) in [5, 5.41) is 8.78. The van der Waals surface area contributed by atoms with Gasteiger partial charge in [0.25, 0.3) is 0 Å². The summed E-state index contributed by atoms with van der Waals surface area (Å²) in [6.45, 7) is 0. The van der Waals surface area contributed by atoms with Crippen LogP contribution < -0.4 is 0 Å². The second-order valence-corrected chi connectivity index (χ2v) is 5.42. The first-order valence-corrected chi connectivity index (χ1v) is 7.13. The molecule has 1 aromatic heterocycles. The highest BCUT2D eigenvalue weighted by Crippen LogP contribution is 2.40. The van der Waals surface area contributed by atoms with Crippen LogP contribution >= 0.6 is 0 Å². The quantitative estimate of drug-likeness (QED) is 0.319. The predicted molar refractivity (Wildman–Crippen MR) is 88.7 cm³/mol. The molecule has 98 valence electrons. The van der Waals surface area contributed by atoms with Gasteiger partial charge in [-0.2, -0.15) is 0 Å². The van der Waals surface area contributed by atoms with Crippen molar-refractivity contribution in [2.45, 2.75) is 0 Å². The molecule has 0 aliphatic carbocycles. The van der Waals surface area contributed by atoms with Crippen molar-refractivity contribution < 1.29 is 4.42 Å². The van der Waals surface area contributed by atoms with Crippen LogP contribution in [-0.4, -0.2) is 0 Å². The van der Waals surface area contributed by atoms with Gasteiger partial charge in [0.05, 0.1) is 6.26 Å². The van der Waals surface area contributed by atoms with E-state index in [0.717, 1.165) is 5.58 Å². The molecule has 0 N–H and O–H groups in total. The van der Waals surface area contributed by atoms with Crippen LogP contribution in [0.3, 0.4) is 0 Å². The summed E-state index contributed by atoms with van der Waals surface area (Å²) < 4.78 is 5.86. The van der Waals surface area contributed by atoms with Crippen molar-refractivity contribution in [1.82, 2.24) is 0 Å². The Balaban J connectivity index is 2.25. The Kier molecular flexibility index (Phi) is 2.01. The van der Waals surface area contributed by atoms with E-state index in [1.807, 2.05) is 6.07 Å². The van der Waals surface area contributed by atoms with Crippen molar-refractivity contribution in [3.05, 3.63) is 73.0 Å². The lowest BCUT2D eigenvalue weighted by Crippen LogP contribution is -1.79. The minimum Gasteiger partial charge on any atom is -0.464 e. The molecule has 0 spiro atoms. The van der Waals surface area contributed by atoms with Crippen molar-refractivity contribution >= 4 is 43.3 Å². The van der Waals surface area contributed by atoms with Crippen LogP contribution in [0.25, 0.3) is 43.3 Å². The van der Waals surface area contributed by atoms with Crippen LogP contribution in [0.5, 0.6) is 0 Å². The Hall–Kier alpha value is -2.80. The third-order valence-electron chi connectivity index (χ3n) is 4.30. The zero-order valence-electron chi connectivity index (χ0n) is 11.3. The molecule has 5 aromatic rings. The second-order valence-electron chi connectivity index (χ2n) is 5.42. The van der Waals surface area contributed by atoms with Crippen LogP contribution in [0.2, 0.25) is 0 Å². The lowest BCUT2D eigenvalue weighted by atomic mass is 9.99. The summed E-state index contributed by atoms with van der Waals surface area (Å²) in [7, 11) is 0. The molecule has 0 aliphatic rings. The van der Waals surface area contributed by atoms with Gasteiger partial charge in [-0.05, 0) is 39.7 Å². The minimum absolute atomic E-state index is 0.974. The molecule has 1 nitrogen and oxygen atoms in total. The molecule has 0 radical (unpaired) electrons. The first-order chi connectivity index (χ1) is 10.4. The monoisotopic (exact) mass is 268 g/mol. The van der Waals surface area contributed by atoms with Crippen molar-refractivity contribution in [2.24, 2.45) is 0 Å². The highest BCUT2D eigenvalue weighted by Gasteiger charge is 2.13. The normalized spacial score (nSPS) is 11.8. The number of fused-ring (bicyclic) bond motifs is 8. The van der Waals surface area contributed by atoms with Gasteiger partial charge >= 0.3 is 0 Å². The molecule has 1 heteroatoms. The molecular formula is C20H12O. The highest BCUT2D eigenvalue weighted by molar-refractivity contribution is 6.32. The van der Waals surface area contributed by atoms with E-state index in [1.165, 1.54) is 37.7 Å². The predicted octanol–water partition coefficient (Wildman–Crippen LogP) is 5.89. The van der Waals surface area contributed by atoms with Gasteiger partial charge < -0.3 is 4.42 Å². The molecule has 21 heavy (non-hydrogen) atoms. The third-order valence-corrected chi connectivity index (χ3v) is 4.30. The molecule has 4 aromatic carbocycles. The Labute approximate surface area is 121 Å². The van der Waals surface area contributed by atoms with E-state index in [2.05, 4.69) is 60.7 Å². The maximum Gasteiger partial charge on any atom is 0.142 e. The number of rotatable bonds is 0. The Morgan fingerprint density at radius 2 is 1.29 bits per heavy atom. The average Bonchev–Trinajstić information content (AvgIpc) is 2.95.